The normalized spacial score (nSPS) is 14.9. The van der Waals surface area contributed by atoms with Crippen LogP contribution >= 0.6 is 11.6 Å². The Kier molecular flexibility index (Phi) is 5.35. The SMILES string of the molecule is Cc1ccc(CN2C(=O)NC(=Cc3ccc(-c4ccc(Cl)c(C(=O)O)c4)o3)C2=O)cc1. The number of hydrogen-bond donors (Lipinski definition) is 2. The first-order valence-corrected chi connectivity index (χ1v) is 9.73. The lowest BCUT2D eigenvalue weighted by molar-refractivity contribution is -0.123. The molecule has 8 heteroatoms. The van der Waals surface area contributed by atoms with Crippen molar-refractivity contribution in [2.24, 2.45) is 0 Å². The lowest BCUT2D eigenvalue weighted by Gasteiger charge is -2.11. The molecule has 156 valence electrons. The zero-order valence-electron chi connectivity index (χ0n) is 16.4. The van der Waals surface area contributed by atoms with Gasteiger partial charge in [-0.1, -0.05) is 41.4 Å². The Morgan fingerprint density at radius 3 is 2.58 bits per heavy atom. The number of furan rings is 1. The van der Waals surface area contributed by atoms with Gasteiger partial charge in [-0.2, -0.15) is 0 Å². The van der Waals surface area contributed by atoms with Crippen LogP contribution in [-0.2, 0) is 11.3 Å². The van der Waals surface area contributed by atoms with Crippen molar-refractivity contribution in [1.82, 2.24) is 10.2 Å². The van der Waals surface area contributed by atoms with Crippen molar-refractivity contribution in [1.29, 1.82) is 0 Å². The standard InChI is InChI=1S/C23H17ClN2O5/c1-13-2-4-14(5-3-13)12-26-21(27)19(25-23(26)30)11-16-7-9-20(31-16)15-6-8-18(24)17(10-15)22(28)29/h2-11H,12H2,1H3,(H,25,30)(H,28,29). The number of urea groups is 1. The molecule has 3 aromatic rings. The summed E-state index contributed by atoms with van der Waals surface area (Å²) in [4.78, 5) is 37.4. The quantitative estimate of drug-likeness (QED) is 0.446. The molecule has 1 fully saturated rings. The monoisotopic (exact) mass is 436 g/mol. The Balaban J connectivity index is 1.55. The summed E-state index contributed by atoms with van der Waals surface area (Å²) >= 11 is 5.90. The van der Waals surface area contributed by atoms with E-state index in [2.05, 4.69) is 5.32 Å². The highest BCUT2D eigenvalue weighted by Crippen LogP contribution is 2.28. The summed E-state index contributed by atoms with van der Waals surface area (Å²) in [5, 5.41) is 11.9. The van der Waals surface area contributed by atoms with Gasteiger partial charge in [0.2, 0.25) is 0 Å². The van der Waals surface area contributed by atoms with Crippen molar-refractivity contribution < 1.29 is 23.9 Å². The Morgan fingerprint density at radius 1 is 1.13 bits per heavy atom. The fraction of sp³-hybridized carbons (Fsp3) is 0.0870. The number of nitrogens with zero attached hydrogens (tertiary/aromatic N) is 1. The molecule has 0 aliphatic carbocycles. The molecule has 2 aromatic carbocycles. The van der Waals surface area contributed by atoms with Crippen LogP contribution in [0.4, 0.5) is 4.79 Å². The first-order chi connectivity index (χ1) is 14.8. The van der Waals surface area contributed by atoms with Crippen molar-refractivity contribution in [3.8, 4) is 11.3 Å². The van der Waals surface area contributed by atoms with Gasteiger partial charge >= 0.3 is 12.0 Å². The second-order valence-corrected chi connectivity index (χ2v) is 7.47. The maximum absolute atomic E-state index is 12.7. The van der Waals surface area contributed by atoms with Crippen LogP contribution in [0.2, 0.25) is 5.02 Å². The van der Waals surface area contributed by atoms with Gasteiger partial charge < -0.3 is 14.8 Å². The number of carbonyl (C=O) groups excluding carboxylic acids is 2. The summed E-state index contributed by atoms with van der Waals surface area (Å²) in [6.07, 6.45) is 1.44. The molecule has 31 heavy (non-hydrogen) atoms. The average molecular weight is 437 g/mol. The molecule has 0 saturated carbocycles. The minimum Gasteiger partial charge on any atom is -0.478 e. The third-order valence-electron chi connectivity index (χ3n) is 4.82. The van der Waals surface area contributed by atoms with Crippen LogP contribution in [0.3, 0.4) is 0 Å². The highest BCUT2D eigenvalue weighted by molar-refractivity contribution is 6.33. The van der Waals surface area contributed by atoms with E-state index in [9.17, 15) is 19.5 Å². The fourth-order valence-corrected chi connectivity index (χ4v) is 3.36. The number of nitrogens with one attached hydrogen (secondary N) is 1. The highest BCUT2D eigenvalue weighted by Gasteiger charge is 2.33. The predicted octanol–water partition coefficient (Wildman–Crippen LogP) is 4.70. The van der Waals surface area contributed by atoms with Crippen LogP contribution in [0.1, 0.15) is 27.2 Å². The van der Waals surface area contributed by atoms with E-state index in [1.807, 2.05) is 31.2 Å². The number of amides is 3. The maximum atomic E-state index is 12.7. The van der Waals surface area contributed by atoms with Crippen molar-refractivity contribution in [3.05, 3.63) is 87.8 Å². The number of benzene rings is 2. The number of carboxylic acid groups (broad SMARTS) is 1. The number of rotatable bonds is 5. The molecule has 0 spiro atoms. The molecule has 4 rings (SSSR count). The van der Waals surface area contributed by atoms with Crippen LogP contribution in [0.5, 0.6) is 0 Å². The first kappa shape index (κ1) is 20.4. The summed E-state index contributed by atoms with van der Waals surface area (Å²) in [5.74, 6) is -0.862. The van der Waals surface area contributed by atoms with E-state index in [0.717, 1.165) is 16.0 Å². The van der Waals surface area contributed by atoms with Gasteiger partial charge in [0.15, 0.2) is 0 Å². The number of halogens is 1. The molecular formula is C23H17ClN2O5. The third kappa shape index (κ3) is 4.22. The van der Waals surface area contributed by atoms with E-state index in [0.29, 0.717) is 17.1 Å². The molecule has 1 saturated heterocycles. The average Bonchev–Trinajstić information content (AvgIpc) is 3.30. The fourth-order valence-electron chi connectivity index (χ4n) is 3.16. The summed E-state index contributed by atoms with van der Waals surface area (Å²) in [7, 11) is 0. The van der Waals surface area contributed by atoms with E-state index in [4.69, 9.17) is 16.0 Å². The minimum absolute atomic E-state index is 0.0412. The Morgan fingerprint density at radius 2 is 1.87 bits per heavy atom. The number of aryl methyl sites for hydroxylation is 1. The van der Waals surface area contributed by atoms with Crippen molar-refractivity contribution in [3.63, 3.8) is 0 Å². The van der Waals surface area contributed by atoms with E-state index in [1.165, 1.54) is 18.2 Å². The summed E-state index contributed by atoms with van der Waals surface area (Å²) < 4.78 is 5.72. The minimum atomic E-state index is -1.14. The highest BCUT2D eigenvalue weighted by atomic mass is 35.5. The second-order valence-electron chi connectivity index (χ2n) is 7.07. The molecule has 3 amide bonds. The van der Waals surface area contributed by atoms with Gasteiger partial charge in [0.05, 0.1) is 17.1 Å². The van der Waals surface area contributed by atoms with Gasteiger partial charge in [-0.25, -0.2) is 9.59 Å². The molecule has 0 bridgehead atoms. The first-order valence-electron chi connectivity index (χ1n) is 9.35. The molecule has 0 atom stereocenters. The predicted molar refractivity (Wildman–Crippen MR) is 114 cm³/mol. The summed E-state index contributed by atoms with van der Waals surface area (Å²) in [6.45, 7) is 2.12. The van der Waals surface area contributed by atoms with Crippen LogP contribution in [0, 0.1) is 6.92 Å². The second kappa shape index (κ2) is 8.12. The Labute approximate surface area is 182 Å². The molecule has 2 heterocycles. The zero-order chi connectivity index (χ0) is 22.1. The van der Waals surface area contributed by atoms with Crippen molar-refractivity contribution in [2.45, 2.75) is 13.5 Å². The molecule has 2 N–H and O–H groups in total. The van der Waals surface area contributed by atoms with Gasteiger partial charge in [0.25, 0.3) is 5.91 Å². The molecule has 0 radical (unpaired) electrons. The van der Waals surface area contributed by atoms with Crippen LogP contribution in [0.25, 0.3) is 17.4 Å². The zero-order valence-corrected chi connectivity index (χ0v) is 17.1. The summed E-state index contributed by atoms with van der Waals surface area (Å²) in [5.41, 5.74) is 2.51. The molecular weight excluding hydrogens is 420 g/mol. The van der Waals surface area contributed by atoms with Gasteiger partial charge in [-0.05, 0) is 42.8 Å². The molecule has 0 unspecified atom stereocenters. The lowest BCUT2D eigenvalue weighted by atomic mass is 10.1. The number of imide groups is 1. The molecule has 1 aliphatic rings. The summed E-state index contributed by atoms with van der Waals surface area (Å²) in [6, 6.07) is 14.9. The van der Waals surface area contributed by atoms with Gasteiger partial charge in [0.1, 0.15) is 17.2 Å². The third-order valence-corrected chi connectivity index (χ3v) is 5.15. The van der Waals surface area contributed by atoms with E-state index in [-0.39, 0.29) is 22.8 Å². The molecule has 1 aliphatic heterocycles. The number of carboxylic acids is 1. The maximum Gasteiger partial charge on any atom is 0.337 e. The topological polar surface area (TPSA) is 99.8 Å². The van der Waals surface area contributed by atoms with E-state index >= 15 is 0 Å². The van der Waals surface area contributed by atoms with Crippen molar-refractivity contribution in [2.75, 3.05) is 0 Å². The van der Waals surface area contributed by atoms with Crippen LogP contribution in [-0.4, -0.2) is 27.9 Å². The van der Waals surface area contributed by atoms with Crippen molar-refractivity contribution >= 4 is 35.6 Å². The Bertz CT molecular complexity index is 1230. The Hall–Kier alpha value is -3.84. The van der Waals surface area contributed by atoms with Gasteiger partial charge in [0, 0.05) is 11.6 Å². The van der Waals surface area contributed by atoms with Gasteiger partial charge in [-0.15, -0.1) is 0 Å². The lowest BCUT2D eigenvalue weighted by Crippen LogP contribution is -2.30. The number of aromatic carboxylic acids is 1. The number of hydrogen-bond acceptors (Lipinski definition) is 4. The largest absolute Gasteiger partial charge is 0.478 e. The van der Waals surface area contributed by atoms with Crippen LogP contribution < -0.4 is 5.32 Å². The number of carbonyl (C=O) groups is 3. The van der Waals surface area contributed by atoms with Crippen LogP contribution in [0.15, 0.2) is 64.7 Å². The van der Waals surface area contributed by atoms with E-state index < -0.39 is 17.9 Å². The van der Waals surface area contributed by atoms with E-state index in [1.54, 1.807) is 18.2 Å². The smallest absolute Gasteiger partial charge is 0.337 e. The molecule has 7 nitrogen and oxygen atoms in total. The molecule has 1 aromatic heterocycles. The van der Waals surface area contributed by atoms with Gasteiger partial charge in [-0.3, -0.25) is 9.69 Å².